The average Bonchev–Trinajstić information content (AvgIpc) is 3.30. The van der Waals surface area contributed by atoms with Crippen molar-refractivity contribution in [3.05, 3.63) is 74.0 Å². The number of nitrogens with zero attached hydrogens (tertiary/aromatic N) is 1. The maximum Gasteiger partial charge on any atom is 0.332 e. The molecular weight excluding hydrogens is 360 g/mol. The summed E-state index contributed by atoms with van der Waals surface area (Å²) in [5.41, 5.74) is 4.35. The van der Waals surface area contributed by atoms with E-state index in [1.165, 1.54) is 5.56 Å². The molecule has 6 nitrogen and oxygen atoms in total. The Hall–Kier alpha value is -3.06. The Balaban J connectivity index is 1.61. The Bertz CT molecular complexity index is 1110. The molecule has 1 amide bonds. The van der Waals surface area contributed by atoms with Gasteiger partial charge in [-0.25, -0.2) is 4.79 Å². The lowest BCUT2D eigenvalue weighted by Crippen LogP contribution is -2.36. The fourth-order valence-corrected chi connectivity index (χ4v) is 4.54. The van der Waals surface area contributed by atoms with Crippen molar-refractivity contribution in [1.29, 1.82) is 0 Å². The summed E-state index contributed by atoms with van der Waals surface area (Å²) in [6.45, 7) is 1.30. The summed E-state index contributed by atoms with van der Waals surface area (Å²) in [6, 6.07) is 7.77. The number of hydrogen-bond acceptors (Lipinski definition) is 4. The Morgan fingerprint density at radius 3 is 2.96 bits per heavy atom. The Kier molecular flexibility index (Phi) is 3.75. The van der Waals surface area contributed by atoms with Crippen molar-refractivity contribution in [2.24, 2.45) is 0 Å². The molecule has 0 saturated carbocycles. The van der Waals surface area contributed by atoms with Crippen molar-refractivity contribution < 1.29 is 4.79 Å². The predicted molar refractivity (Wildman–Crippen MR) is 107 cm³/mol. The van der Waals surface area contributed by atoms with Gasteiger partial charge in [-0.3, -0.25) is 14.3 Å². The molecule has 4 heterocycles. The fourth-order valence-electron chi connectivity index (χ4n) is 3.86. The van der Waals surface area contributed by atoms with Crippen LogP contribution in [0.3, 0.4) is 0 Å². The molecule has 0 fully saturated rings. The second kappa shape index (κ2) is 6.28. The van der Waals surface area contributed by atoms with Gasteiger partial charge in [0.25, 0.3) is 5.91 Å². The number of nitrogens with one attached hydrogen (secondary N) is 3. The first-order valence-corrected chi connectivity index (χ1v) is 9.84. The number of amides is 1. The first-order valence-electron chi connectivity index (χ1n) is 8.90. The number of hydrogen-bond donors (Lipinski definition) is 3. The summed E-state index contributed by atoms with van der Waals surface area (Å²) >= 11 is 1.68. The van der Waals surface area contributed by atoms with Crippen LogP contribution in [0.1, 0.15) is 33.1 Å². The van der Waals surface area contributed by atoms with Crippen molar-refractivity contribution in [3.63, 3.8) is 0 Å². The molecule has 0 bridgehead atoms. The van der Waals surface area contributed by atoms with Gasteiger partial charge in [-0.2, -0.15) is 11.3 Å². The molecule has 1 atom stereocenters. The molecule has 2 aromatic heterocycles. The van der Waals surface area contributed by atoms with E-state index in [0.717, 1.165) is 29.2 Å². The molecule has 0 saturated heterocycles. The van der Waals surface area contributed by atoms with Crippen molar-refractivity contribution in [1.82, 2.24) is 14.9 Å². The molecule has 5 rings (SSSR count). The molecule has 3 aromatic rings. The van der Waals surface area contributed by atoms with E-state index in [0.29, 0.717) is 18.7 Å². The highest BCUT2D eigenvalue weighted by atomic mass is 32.1. The van der Waals surface area contributed by atoms with Crippen molar-refractivity contribution >= 4 is 29.1 Å². The van der Waals surface area contributed by atoms with Gasteiger partial charge in [-0.15, -0.1) is 0 Å². The maximum atomic E-state index is 12.5. The number of carbonyl (C=O) groups excluding carboxylic acids is 1. The highest BCUT2D eigenvalue weighted by molar-refractivity contribution is 7.07. The van der Waals surface area contributed by atoms with Crippen molar-refractivity contribution in [2.75, 3.05) is 18.4 Å². The molecule has 1 unspecified atom stereocenters. The smallest absolute Gasteiger partial charge is 0.332 e. The summed E-state index contributed by atoms with van der Waals surface area (Å²) in [7, 11) is 0. The van der Waals surface area contributed by atoms with Crippen LogP contribution in [0.5, 0.6) is 0 Å². The number of thiophene rings is 1. The molecule has 0 aliphatic carbocycles. The number of H-pyrrole nitrogens is 1. The van der Waals surface area contributed by atoms with Crippen LogP contribution in [-0.2, 0) is 6.42 Å². The zero-order valence-electron chi connectivity index (χ0n) is 14.5. The van der Waals surface area contributed by atoms with Gasteiger partial charge in [0, 0.05) is 24.6 Å². The topological polar surface area (TPSA) is 78.9 Å². The summed E-state index contributed by atoms with van der Waals surface area (Å²) in [5.74, 6) is 0.863. The Labute approximate surface area is 159 Å². The van der Waals surface area contributed by atoms with E-state index in [1.807, 2.05) is 30.4 Å². The van der Waals surface area contributed by atoms with Crippen molar-refractivity contribution in [3.8, 4) is 5.69 Å². The standard InChI is InChI=1S/C20H18N4O2S/c25-19-15-4-3-14(24-17-2-1-6-21-18(17)23-20(24)26)9-16(15)13(10-22-19)8-12-5-7-27-11-12/h1-5,7,9,11,13,21H,6,8,10H2,(H,22,25)(H,23,26). The summed E-state index contributed by atoms with van der Waals surface area (Å²) in [6.07, 6.45) is 4.79. The van der Waals surface area contributed by atoms with Gasteiger partial charge in [0.2, 0.25) is 0 Å². The molecule has 0 spiro atoms. The third kappa shape index (κ3) is 2.71. The summed E-state index contributed by atoms with van der Waals surface area (Å²) in [5, 5.41) is 10.4. The monoisotopic (exact) mass is 378 g/mol. The zero-order valence-corrected chi connectivity index (χ0v) is 15.3. The average molecular weight is 378 g/mol. The third-order valence-electron chi connectivity index (χ3n) is 5.15. The Morgan fingerprint density at radius 1 is 1.19 bits per heavy atom. The van der Waals surface area contributed by atoms with Gasteiger partial charge in [-0.1, -0.05) is 6.08 Å². The van der Waals surface area contributed by atoms with Crippen LogP contribution < -0.4 is 16.3 Å². The zero-order chi connectivity index (χ0) is 18.4. The number of rotatable bonds is 3. The Morgan fingerprint density at radius 2 is 2.11 bits per heavy atom. The summed E-state index contributed by atoms with van der Waals surface area (Å²) in [4.78, 5) is 27.7. The van der Waals surface area contributed by atoms with E-state index in [-0.39, 0.29) is 17.5 Å². The number of aromatic amines is 1. The molecule has 136 valence electrons. The second-order valence-corrected chi connectivity index (χ2v) is 7.60. The molecule has 0 radical (unpaired) electrons. The number of imidazole rings is 1. The molecular formula is C20H18N4O2S. The molecule has 3 N–H and O–H groups in total. The van der Waals surface area contributed by atoms with Gasteiger partial charge in [0.1, 0.15) is 5.82 Å². The highest BCUT2D eigenvalue weighted by Crippen LogP contribution is 2.30. The minimum Gasteiger partial charge on any atom is -0.366 e. The van der Waals surface area contributed by atoms with Crippen LogP contribution in [0.15, 0.2) is 45.9 Å². The number of fused-ring (bicyclic) bond motifs is 2. The SMILES string of the molecule is O=C1NCC(Cc2ccsc2)c2cc(-n3c4c([nH]c3=O)NCC=C4)ccc21. The lowest BCUT2D eigenvalue weighted by molar-refractivity contribution is 0.0940. The molecule has 1 aromatic carbocycles. The van der Waals surface area contributed by atoms with Crippen LogP contribution in [0, 0.1) is 0 Å². The largest absolute Gasteiger partial charge is 0.366 e. The van der Waals surface area contributed by atoms with Crippen molar-refractivity contribution in [2.45, 2.75) is 12.3 Å². The number of benzene rings is 1. The predicted octanol–water partition coefficient (Wildman–Crippen LogP) is 2.74. The lowest BCUT2D eigenvalue weighted by Gasteiger charge is -2.26. The number of carbonyl (C=O) groups is 1. The normalized spacial score (nSPS) is 17.8. The quantitative estimate of drug-likeness (QED) is 0.656. The van der Waals surface area contributed by atoms with Crippen LogP contribution in [0.25, 0.3) is 11.8 Å². The molecule has 2 aliphatic heterocycles. The minimum atomic E-state index is -0.186. The van der Waals surface area contributed by atoms with Crippen LogP contribution in [-0.4, -0.2) is 28.5 Å². The van der Waals surface area contributed by atoms with Gasteiger partial charge in [0.15, 0.2) is 0 Å². The van der Waals surface area contributed by atoms with E-state index in [2.05, 4.69) is 32.4 Å². The van der Waals surface area contributed by atoms with E-state index in [4.69, 9.17) is 0 Å². The summed E-state index contributed by atoms with van der Waals surface area (Å²) < 4.78 is 1.66. The van der Waals surface area contributed by atoms with Gasteiger partial charge in [0.05, 0.1) is 11.4 Å². The van der Waals surface area contributed by atoms with Crippen LogP contribution in [0.2, 0.25) is 0 Å². The van der Waals surface area contributed by atoms with E-state index >= 15 is 0 Å². The fraction of sp³-hybridized carbons (Fsp3) is 0.200. The number of aromatic nitrogens is 2. The second-order valence-electron chi connectivity index (χ2n) is 6.82. The molecule has 2 aliphatic rings. The van der Waals surface area contributed by atoms with E-state index in [9.17, 15) is 9.59 Å². The first kappa shape index (κ1) is 16.1. The minimum absolute atomic E-state index is 0.0527. The van der Waals surface area contributed by atoms with E-state index in [1.54, 1.807) is 15.9 Å². The first-order chi connectivity index (χ1) is 13.2. The highest BCUT2D eigenvalue weighted by Gasteiger charge is 2.27. The molecule has 27 heavy (non-hydrogen) atoms. The maximum absolute atomic E-state index is 12.5. The van der Waals surface area contributed by atoms with Crippen LogP contribution >= 0.6 is 11.3 Å². The van der Waals surface area contributed by atoms with Gasteiger partial charge >= 0.3 is 5.69 Å². The van der Waals surface area contributed by atoms with Gasteiger partial charge in [-0.05, 0) is 58.6 Å². The van der Waals surface area contributed by atoms with E-state index < -0.39 is 0 Å². The van der Waals surface area contributed by atoms with Crippen LogP contribution in [0.4, 0.5) is 5.82 Å². The number of anilines is 1. The van der Waals surface area contributed by atoms with Gasteiger partial charge < -0.3 is 10.6 Å². The third-order valence-corrected chi connectivity index (χ3v) is 5.89. The molecule has 7 heteroatoms. The lowest BCUT2D eigenvalue weighted by atomic mass is 9.86.